The molecular weight excluding hydrogens is 550 g/mol. The molecule has 0 fully saturated rings. The van der Waals surface area contributed by atoms with Crippen LogP contribution in [0.15, 0.2) is 0 Å². The molecule has 0 rings (SSSR count). The molecule has 0 saturated carbocycles. The molecule has 6 heteroatoms. The van der Waals surface area contributed by atoms with E-state index < -0.39 is 0 Å². The van der Waals surface area contributed by atoms with Crippen LogP contribution in [0.4, 0.5) is 0 Å². The number of carbonyl (C=O) groups excluding carboxylic acids is 2. The van der Waals surface area contributed by atoms with Gasteiger partial charge in [0.25, 0.3) is 0 Å². The third kappa shape index (κ3) is 28.3. The predicted octanol–water partition coefficient (Wildman–Crippen LogP) is 10.3. The number of esters is 2. The Labute approximate surface area is 273 Å². The number of aliphatic hydroxyl groups is 1. The van der Waals surface area contributed by atoms with E-state index in [0.29, 0.717) is 19.4 Å². The zero-order chi connectivity index (χ0) is 32.5. The van der Waals surface area contributed by atoms with Crippen molar-refractivity contribution in [2.75, 3.05) is 26.2 Å². The largest absolute Gasteiger partial charge is 0.462 e. The Morgan fingerprint density at radius 3 is 1.36 bits per heavy atom. The fraction of sp³-hybridized carbons (Fsp3) is 0.947. The molecule has 0 atom stereocenters. The first-order chi connectivity index (χ1) is 21.5. The summed E-state index contributed by atoms with van der Waals surface area (Å²) >= 11 is 0. The van der Waals surface area contributed by atoms with Crippen LogP contribution in [0.25, 0.3) is 0 Å². The van der Waals surface area contributed by atoms with Crippen molar-refractivity contribution >= 4 is 11.9 Å². The van der Waals surface area contributed by atoms with Crippen LogP contribution in [0.3, 0.4) is 0 Å². The SMILES string of the molecule is CCCCCCCCC(CCCCCCCC)OC(=O)CCCCN(CCO)CCCCCCCCC(=O)OC(CC)CC. The van der Waals surface area contributed by atoms with Gasteiger partial charge in [-0.15, -0.1) is 0 Å². The molecule has 0 aliphatic heterocycles. The Hall–Kier alpha value is -1.14. The molecule has 0 bridgehead atoms. The first kappa shape index (κ1) is 42.9. The zero-order valence-electron chi connectivity index (χ0n) is 29.9. The van der Waals surface area contributed by atoms with Crippen molar-refractivity contribution in [1.82, 2.24) is 4.90 Å². The number of hydrogen-bond acceptors (Lipinski definition) is 6. The van der Waals surface area contributed by atoms with Crippen molar-refractivity contribution in [2.24, 2.45) is 0 Å². The molecule has 0 spiro atoms. The molecule has 6 nitrogen and oxygen atoms in total. The average molecular weight is 626 g/mol. The monoisotopic (exact) mass is 626 g/mol. The Bertz CT molecular complexity index is 608. The third-order valence-corrected chi connectivity index (χ3v) is 8.89. The van der Waals surface area contributed by atoms with Crippen molar-refractivity contribution in [3.63, 3.8) is 0 Å². The van der Waals surface area contributed by atoms with Crippen molar-refractivity contribution in [3.05, 3.63) is 0 Å². The van der Waals surface area contributed by atoms with E-state index in [0.717, 1.165) is 77.3 Å². The molecule has 0 heterocycles. The summed E-state index contributed by atoms with van der Waals surface area (Å²) in [6.45, 7) is 11.4. The minimum Gasteiger partial charge on any atom is -0.462 e. The van der Waals surface area contributed by atoms with E-state index in [1.807, 2.05) is 0 Å². The zero-order valence-corrected chi connectivity index (χ0v) is 29.9. The standard InChI is InChI=1S/C38H75NO5/c1-5-9-11-13-17-21-27-36(28-22-18-14-12-10-6-2)44-38(42)30-24-26-32-39(33-34-40)31-25-20-16-15-19-23-29-37(41)43-35(7-3)8-4/h35-36,40H,5-34H2,1-4H3. The fourth-order valence-corrected chi connectivity index (χ4v) is 5.91. The van der Waals surface area contributed by atoms with Crippen molar-refractivity contribution in [3.8, 4) is 0 Å². The molecule has 1 N–H and O–H groups in total. The van der Waals surface area contributed by atoms with Gasteiger partial charge >= 0.3 is 11.9 Å². The van der Waals surface area contributed by atoms with E-state index >= 15 is 0 Å². The number of carbonyl (C=O) groups is 2. The highest BCUT2D eigenvalue weighted by Crippen LogP contribution is 2.18. The first-order valence-corrected chi connectivity index (χ1v) is 19.2. The molecule has 262 valence electrons. The smallest absolute Gasteiger partial charge is 0.306 e. The lowest BCUT2D eigenvalue weighted by Gasteiger charge is -2.21. The number of hydrogen-bond donors (Lipinski definition) is 1. The van der Waals surface area contributed by atoms with E-state index in [-0.39, 0.29) is 30.8 Å². The van der Waals surface area contributed by atoms with Crippen LogP contribution < -0.4 is 0 Å². The van der Waals surface area contributed by atoms with E-state index in [9.17, 15) is 14.7 Å². The van der Waals surface area contributed by atoms with Crippen molar-refractivity contribution in [1.29, 1.82) is 0 Å². The maximum Gasteiger partial charge on any atom is 0.306 e. The van der Waals surface area contributed by atoms with Crippen LogP contribution in [0.2, 0.25) is 0 Å². The van der Waals surface area contributed by atoms with Gasteiger partial charge in [-0.2, -0.15) is 0 Å². The molecule has 0 aliphatic carbocycles. The normalized spacial score (nSPS) is 11.6. The lowest BCUT2D eigenvalue weighted by molar-refractivity contribution is -0.150. The minimum atomic E-state index is -0.0484. The number of ether oxygens (including phenoxy) is 2. The highest BCUT2D eigenvalue weighted by Gasteiger charge is 2.15. The lowest BCUT2D eigenvalue weighted by atomic mass is 10.0. The summed E-state index contributed by atoms with van der Waals surface area (Å²) in [5.74, 6) is -0.0720. The maximum absolute atomic E-state index is 12.7. The minimum absolute atomic E-state index is 0.0236. The van der Waals surface area contributed by atoms with Crippen molar-refractivity contribution < 1.29 is 24.2 Å². The summed E-state index contributed by atoms with van der Waals surface area (Å²) in [7, 11) is 0. The summed E-state index contributed by atoms with van der Waals surface area (Å²) in [4.78, 5) is 26.9. The Balaban J connectivity index is 4.15. The van der Waals surface area contributed by atoms with Gasteiger partial charge in [-0.05, 0) is 77.3 Å². The highest BCUT2D eigenvalue weighted by molar-refractivity contribution is 5.69. The van der Waals surface area contributed by atoms with E-state index in [4.69, 9.17) is 9.47 Å². The summed E-state index contributed by atoms with van der Waals surface area (Å²) in [6, 6.07) is 0. The highest BCUT2D eigenvalue weighted by atomic mass is 16.5. The van der Waals surface area contributed by atoms with E-state index in [2.05, 4.69) is 32.6 Å². The second-order valence-corrected chi connectivity index (χ2v) is 13.0. The number of nitrogens with zero attached hydrogens (tertiary/aromatic N) is 1. The summed E-state index contributed by atoms with van der Waals surface area (Å²) in [6.07, 6.45) is 28.7. The molecule has 0 saturated heterocycles. The lowest BCUT2D eigenvalue weighted by Crippen LogP contribution is -2.29. The second-order valence-electron chi connectivity index (χ2n) is 13.0. The Morgan fingerprint density at radius 2 is 0.886 bits per heavy atom. The topological polar surface area (TPSA) is 76.1 Å². The molecule has 0 aromatic heterocycles. The van der Waals surface area contributed by atoms with Gasteiger partial charge in [-0.25, -0.2) is 0 Å². The van der Waals surface area contributed by atoms with Gasteiger partial charge in [-0.3, -0.25) is 9.59 Å². The number of rotatable bonds is 34. The van der Waals surface area contributed by atoms with Crippen LogP contribution in [0.5, 0.6) is 0 Å². The average Bonchev–Trinajstić information content (AvgIpc) is 3.02. The Morgan fingerprint density at radius 1 is 0.500 bits per heavy atom. The summed E-state index contributed by atoms with van der Waals surface area (Å²) in [5, 5.41) is 9.52. The summed E-state index contributed by atoms with van der Waals surface area (Å²) in [5.41, 5.74) is 0. The predicted molar refractivity (Wildman–Crippen MR) is 186 cm³/mol. The van der Waals surface area contributed by atoms with Crippen LogP contribution in [-0.2, 0) is 19.1 Å². The molecule has 44 heavy (non-hydrogen) atoms. The van der Waals surface area contributed by atoms with Gasteiger partial charge in [0, 0.05) is 19.4 Å². The quantitative estimate of drug-likeness (QED) is 0.0566. The van der Waals surface area contributed by atoms with E-state index in [1.54, 1.807) is 0 Å². The van der Waals surface area contributed by atoms with Gasteiger partial charge < -0.3 is 19.5 Å². The van der Waals surface area contributed by atoms with Crippen LogP contribution in [0.1, 0.15) is 195 Å². The summed E-state index contributed by atoms with van der Waals surface area (Å²) < 4.78 is 11.5. The van der Waals surface area contributed by atoms with E-state index in [1.165, 1.54) is 89.9 Å². The van der Waals surface area contributed by atoms with Gasteiger partial charge in [-0.1, -0.05) is 118 Å². The van der Waals surface area contributed by atoms with Gasteiger partial charge in [0.05, 0.1) is 6.61 Å². The third-order valence-electron chi connectivity index (χ3n) is 8.89. The first-order valence-electron chi connectivity index (χ1n) is 19.2. The molecule has 0 aliphatic rings. The molecule has 0 aromatic carbocycles. The molecule has 0 unspecified atom stereocenters. The number of aliphatic hydroxyl groups excluding tert-OH is 1. The van der Waals surface area contributed by atoms with Gasteiger partial charge in [0.15, 0.2) is 0 Å². The molecular formula is C38H75NO5. The van der Waals surface area contributed by atoms with Crippen LogP contribution in [-0.4, -0.2) is 60.4 Å². The maximum atomic E-state index is 12.7. The Kier molecular flexibility index (Phi) is 32.4. The molecule has 0 radical (unpaired) electrons. The van der Waals surface area contributed by atoms with Crippen LogP contribution >= 0.6 is 0 Å². The van der Waals surface area contributed by atoms with Gasteiger partial charge in [0.2, 0.25) is 0 Å². The fourth-order valence-electron chi connectivity index (χ4n) is 5.91. The van der Waals surface area contributed by atoms with Gasteiger partial charge in [0.1, 0.15) is 12.2 Å². The second kappa shape index (κ2) is 33.2. The van der Waals surface area contributed by atoms with Crippen molar-refractivity contribution in [2.45, 2.75) is 207 Å². The van der Waals surface area contributed by atoms with Crippen LogP contribution in [0, 0.1) is 0 Å². The molecule has 0 amide bonds. The number of unbranched alkanes of at least 4 members (excludes halogenated alkanes) is 16. The molecule has 0 aromatic rings.